The molecular weight excluding hydrogens is 260 g/mol. The van der Waals surface area contributed by atoms with Crippen molar-refractivity contribution >= 4 is 5.95 Å². The molecule has 7 nitrogen and oxygen atoms in total. The fourth-order valence-corrected chi connectivity index (χ4v) is 1.71. The van der Waals surface area contributed by atoms with Gasteiger partial charge in [0.15, 0.2) is 11.5 Å². The number of hydrogen-bond acceptors (Lipinski definition) is 7. The summed E-state index contributed by atoms with van der Waals surface area (Å²) < 4.78 is 5.14. The number of nitrogens with two attached hydrogens (primary N) is 1. The molecular formula is C13H18N4O3. The molecule has 0 saturated heterocycles. The summed E-state index contributed by atoms with van der Waals surface area (Å²) in [7, 11) is 1.86. The maximum Gasteiger partial charge on any atom is 0.265 e. The van der Waals surface area contributed by atoms with Crippen LogP contribution in [0.1, 0.15) is 24.4 Å². The molecule has 7 heteroatoms. The fourth-order valence-electron chi connectivity index (χ4n) is 1.71. The van der Waals surface area contributed by atoms with Gasteiger partial charge in [0, 0.05) is 13.6 Å². The van der Waals surface area contributed by atoms with Gasteiger partial charge in [-0.15, -0.1) is 0 Å². The average Bonchev–Trinajstić information content (AvgIpc) is 2.92. The van der Waals surface area contributed by atoms with E-state index in [9.17, 15) is 10.2 Å². The Morgan fingerprint density at radius 2 is 2.10 bits per heavy atom. The molecule has 1 heterocycles. The molecule has 0 saturated carbocycles. The van der Waals surface area contributed by atoms with Crippen LogP contribution in [0.15, 0.2) is 22.7 Å². The smallest absolute Gasteiger partial charge is 0.265 e. The number of rotatable bonds is 5. The molecule has 0 amide bonds. The summed E-state index contributed by atoms with van der Waals surface area (Å²) in [5, 5.41) is 22.6. The van der Waals surface area contributed by atoms with E-state index in [0.717, 1.165) is 12.1 Å². The van der Waals surface area contributed by atoms with Gasteiger partial charge in [0.05, 0.1) is 6.04 Å². The predicted molar refractivity (Wildman–Crippen MR) is 73.6 cm³/mol. The second-order valence-electron chi connectivity index (χ2n) is 4.58. The third-order valence-electron chi connectivity index (χ3n) is 3.06. The van der Waals surface area contributed by atoms with Crippen LogP contribution in [0.2, 0.25) is 0 Å². The van der Waals surface area contributed by atoms with Gasteiger partial charge < -0.3 is 25.4 Å². The van der Waals surface area contributed by atoms with Crippen molar-refractivity contribution in [2.75, 3.05) is 18.5 Å². The van der Waals surface area contributed by atoms with E-state index in [1.165, 1.54) is 12.1 Å². The molecule has 0 bridgehead atoms. The van der Waals surface area contributed by atoms with Gasteiger partial charge in [0.25, 0.3) is 5.95 Å². The minimum atomic E-state index is -0.467. The van der Waals surface area contributed by atoms with Crippen LogP contribution in [-0.4, -0.2) is 33.9 Å². The van der Waals surface area contributed by atoms with Crippen LogP contribution in [0.4, 0.5) is 5.95 Å². The highest BCUT2D eigenvalue weighted by molar-refractivity contribution is 5.40. The molecule has 0 aliphatic heterocycles. The third-order valence-corrected chi connectivity index (χ3v) is 3.06. The molecule has 0 fully saturated rings. The van der Waals surface area contributed by atoms with Crippen LogP contribution >= 0.6 is 0 Å². The number of phenolic OH excluding ortho intramolecular Hbond substituents is 2. The number of aromatic hydroxyl groups is 2. The number of anilines is 1. The second-order valence-corrected chi connectivity index (χ2v) is 4.58. The van der Waals surface area contributed by atoms with Crippen molar-refractivity contribution in [1.29, 1.82) is 0 Å². The Bertz CT molecular complexity index is 585. The molecule has 1 aromatic carbocycles. The maximum absolute atomic E-state index is 9.44. The van der Waals surface area contributed by atoms with E-state index < -0.39 is 6.04 Å². The number of hydrogen-bond donors (Lipinski definition) is 3. The fraction of sp³-hybridized carbons (Fsp3) is 0.385. The SMILES string of the molecule is CCN(C)c1noc(C(N)Cc2ccc(O)c(O)c2)n1. The lowest BCUT2D eigenvalue weighted by Crippen LogP contribution is -2.18. The summed E-state index contributed by atoms with van der Waals surface area (Å²) in [6, 6.07) is 4.10. The molecule has 0 radical (unpaired) electrons. The molecule has 4 N–H and O–H groups in total. The lowest BCUT2D eigenvalue weighted by atomic mass is 10.1. The van der Waals surface area contributed by atoms with Crippen molar-refractivity contribution in [3.8, 4) is 11.5 Å². The Kier molecular flexibility index (Phi) is 4.09. The van der Waals surface area contributed by atoms with Gasteiger partial charge in [-0.1, -0.05) is 6.07 Å². The Morgan fingerprint density at radius 1 is 1.35 bits per heavy atom. The van der Waals surface area contributed by atoms with Crippen LogP contribution in [0.3, 0.4) is 0 Å². The summed E-state index contributed by atoms with van der Waals surface area (Å²) in [5.74, 6) is 0.498. The molecule has 0 spiro atoms. The first-order valence-electron chi connectivity index (χ1n) is 6.32. The van der Waals surface area contributed by atoms with Crippen molar-refractivity contribution in [2.24, 2.45) is 5.73 Å². The highest BCUT2D eigenvalue weighted by Crippen LogP contribution is 2.27. The van der Waals surface area contributed by atoms with Crippen LogP contribution in [0, 0.1) is 0 Å². The van der Waals surface area contributed by atoms with Gasteiger partial charge in [-0.05, 0) is 36.2 Å². The topological polar surface area (TPSA) is 109 Å². The largest absolute Gasteiger partial charge is 0.504 e. The zero-order valence-electron chi connectivity index (χ0n) is 11.4. The van der Waals surface area contributed by atoms with E-state index in [4.69, 9.17) is 10.3 Å². The summed E-state index contributed by atoms with van der Waals surface area (Å²) in [5.41, 5.74) is 6.79. The summed E-state index contributed by atoms with van der Waals surface area (Å²) in [6.45, 7) is 2.75. The zero-order valence-corrected chi connectivity index (χ0v) is 11.4. The average molecular weight is 278 g/mol. The zero-order chi connectivity index (χ0) is 14.7. The van der Waals surface area contributed by atoms with Gasteiger partial charge in [-0.2, -0.15) is 4.98 Å². The van der Waals surface area contributed by atoms with E-state index in [1.807, 2.05) is 18.9 Å². The van der Waals surface area contributed by atoms with Crippen LogP contribution in [0.25, 0.3) is 0 Å². The summed E-state index contributed by atoms with van der Waals surface area (Å²) >= 11 is 0. The summed E-state index contributed by atoms with van der Waals surface area (Å²) in [6.07, 6.45) is 0.422. The normalized spacial score (nSPS) is 12.3. The maximum atomic E-state index is 9.44. The van der Waals surface area contributed by atoms with E-state index in [1.54, 1.807) is 6.07 Å². The minimum absolute atomic E-state index is 0.160. The molecule has 0 aliphatic carbocycles. The summed E-state index contributed by atoms with van der Waals surface area (Å²) in [4.78, 5) is 6.07. The molecule has 1 aromatic heterocycles. The third kappa shape index (κ3) is 3.00. The van der Waals surface area contributed by atoms with E-state index in [2.05, 4.69) is 10.1 Å². The molecule has 1 unspecified atom stereocenters. The molecule has 0 aliphatic rings. The number of benzene rings is 1. The van der Waals surface area contributed by atoms with Crippen molar-refractivity contribution in [2.45, 2.75) is 19.4 Å². The highest BCUT2D eigenvalue weighted by atomic mass is 16.5. The number of nitrogens with zero attached hydrogens (tertiary/aromatic N) is 3. The predicted octanol–water partition coefficient (Wildman–Crippen LogP) is 1.18. The van der Waals surface area contributed by atoms with Crippen molar-refractivity contribution in [1.82, 2.24) is 10.1 Å². The minimum Gasteiger partial charge on any atom is -0.504 e. The molecule has 1 atom stereocenters. The quantitative estimate of drug-likeness (QED) is 0.704. The second kappa shape index (κ2) is 5.79. The van der Waals surface area contributed by atoms with Crippen LogP contribution in [0.5, 0.6) is 11.5 Å². The molecule has 2 aromatic rings. The first kappa shape index (κ1) is 14.1. The first-order chi connectivity index (χ1) is 9.51. The highest BCUT2D eigenvalue weighted by Gasteiger charge is 2.17. The molecule has 108 valence electrons. The lowest BCUT2D eigenvalue weighted by molar-refractivity contribution is 0.353. The van der Waals surface area contributed by atoms with E-state index in [-0.39, 0.29) is 11.5 Å². The Balaban J connectivity index is 2.09. The van der Waals surface area contributed by atoms with Crippen molar-refractivity contribution < 1.29 is 14.7 Å². The van der Waals surface area contributed by atoms with Crippen LogP contribution in [-0.2, 0) is 6.42 Å². The monoisotopic (exact) mass is 278 g/mol. The van der Waals surface area contributed by atoms with Crippen LogP contribution < -0.4 is 10.6 Å². The van der Waals surface area contributed by atoms with Crippen molar-refractivity contribution in [3.05, 3.63) is 29.7 Å². The Hall–Kier alpha value is -2.28. The Morgan fingerprint density at radius 3 is 2.75 bits per heavy atom. The first-order valence-corrected chi connectivity index (χ1v) is 6.32. The molecule has 20 heavy (non-hydrogen) atoms. The van der Waals surface area contributed by atoms with Gasteiger partial charge in [0.1, 0.15) is 0 Å². The van der Waals surface area contributed by atoms with E-state index in [0.29, 0.717) is 18.3 Å². The van der Waals surface area contributed by atoms with Crippen molar-refractivity contribution in [3.63, 3.8) is 0 Å². The molecule has 2 rings (SSSR count). The van der Waals surface area contributed by atoms with Gasteiger partial charge >= 0.3 is 0 Å². The van der Waals surface area contributed by atoms with Gasteiger partial charge in [-0.3, -0.25) is 0 Å². The standard InChI is InChI=1S/C13H18N4O3/c1-3-17(2)13-15-12(20-16-13)9(14)6-8-4-5-10(18)11(19)7-8/h4-5,7,9,18-19H,3,6,14H2,1-2H3. The number of aromatic nitrogens is 2. The van der Waals surface area contributed by atoms with Gasteiger partial charge in [-0.25, -0.2) is 0 Å². The number of phenols is 2. The Labute approximate surface area is 116 Å². The van der Waals surface area contributed by atoms with E-state index >= 15 is 0 Å². The van der Waals surface area contributed by atoms with Gasteiger partial charge in [0.2, 0.25) is 5.89 Å². The lowest BCUT2D eigenvalue weighted by Gasteiger charge is -2.09.